The normalized spacial score (nSPS) is 21.9. The molecule has 10 nitrogen and oxygen atoms in total. The van der Waals surface area contributed by atoms with E-state index in [1.54, 1.807) is 28.8 Å². The largest absolute Gasteiger partial charge is 0.481 e. The van der Waals surface area contributed by atoms with E-state index >= 15 is 0 Å². The smallest absolute Gasteiger partial charge is 0.415 e. The number of piperidine rings is 1. The summed E-state index contributed by atoms with van der Waals surface area (Å²) in [6, 6.07) is 5.34. The molecule has 3 aliphatic heterocycles. The van der Waals surface area contributed by atoms with E-state index in [1.165, 1.54) is 13.3 Å². The quantitative estimate of drug-likeness (QED) is 0.507. The first-order valence-corrected chi connectivity index (χ1v) is 12.9. The Labute approximate surface area is 211 Å². The van der Waals surface area contributed by atoms with Crippen LogP contribution in [0.25, 0.3) is 11.0 Å². The number of aromatic nitrogens is 4. The number of anilines is 1. The van der Waals surface area contributed by atoms with Crippen LogP contribution in [0.3, 0.4) is 0 Å². The molecular weight excluding hydrogens is 487 g/mol. The number of rotatable bonds is 5. The SMILES string of the molecule is COc1ccc2ncc(F)c(CCN3CCC4CN(c5cc6c(nn5)OCCS6)C(=O)OC4C3)c2n1. The molecule has 12 heteroatoms. The Morgan fingerprint density at radius 2 is 2.19 bits per heavy atom. The molecule has 0 spiro atoms. The second-order valence-electron chi connectivity index (χ2n) is 9.01. The average Bonchev–Trinajstić information content (AvgIpc) is 2.91. The van der Waals surface area contributed by atoms with Crippen molar-refractivity contribution in [1.82, 2.24) is 25.1 Å². The van der Waals surface area contributed by atoms with Crippen LogP contribution in [0.5, 0.6) is 11.8 Å². The predicted octanol–water partition coefficient (Wildman–Crippen LogP) is 2.94. The second kappa shape index (κ2) is 9.66. The van der Waals surface area contributed by atoms with Crippen molar-refractivity contribution in [3.05, 3.63) is 35.8 Å². The molecule has 1 amide bonds. The highest BCUT2D eigenvalue weighted by Crippen LogP contribution is 2.35. The summed E-state index contributed by atoms with van der Waals surface area (Å²) in [4.78, 5) is 26.1. The predicted molar refractivity (Wildman–Crippen MR) is 130 cm³/mol. The number of nitrogens with zero attached hydrogens (tertiary/aromatic N) is 6. The molecule has 36 heavy (non-hydrogen) atoms. The molecular formula is C24H25FN6O4S. The topological polar surface area (TPSA) is 103 Å². The van der Waals surface area contributed by atoms with Gasteiger partial charge in [0, 0.05) is 49.0 Å². The molecule has 3 aliphatic rings. The van der Waals surface area contributed by atoms with Crippen LogP contribution >= 0.6 is 11.8 Å². The molecule has 188 valence electrons. The first-order chi connectivity index (χ1) is 17.6. The number of hydrogen-bond acceptors (Lipinski definition) is 10. The molecule has 2 atom stereocenters. The molecule has 3 aromatic heterocycles. The fraction of sp³-hybridized carbons (Fsp3) is 0.458. The molecule has 0 saturated carbocycles. The number of carbonyl (C=O) groups is 1. The van der Waals surface area contributed by atoms with Gasteiger partial charge in [0.1, 0.15) is 11.9 Å². The van der Waals surface area contributed by atoms with Crippen LogP contribution < -0.4 is 14.4 Å². The molecule has 0 N–H and O–H groups in total. The van der Waals surface area contributed by atoms with Gasteiger partial charge < -0.3 is 14.2 Å². The van der Waals surface area contributed by atoms with Gasteiger partial charge in [-0.05, 0) is 25.5 Å². The summed E-state index contributed by atoms with van der Waals surface area (Å²) in [6.45, 7) is 3.18. The van der Waals surface area contributed by atoms with Gasteiger partial charge in [-0.3, -0.25) is 14.8 Å². The zero-order chi connectivity index (χ0) is 24.6. The van der Waals surface area contributed by atoms with Gasteiger partial charge in [0.25, 0.3) is 0 Å². The third-order valence-electron chi connectivity index (χ3n) is 6.87. The summed E-state index contributed by atoms with van der Waals surface area (Å²) >= 11 is 1.64. The summed E-state index contributed by atoms with van der Waals surface area (Å²) in [5.74, 6) is 2.06. The van der Waals surface area contributed by atoms with Crippen LogP contribution in [0.15, 0.2) is 29.3 Å². The maximum atomic E-state index is 14.7. The minimum Gasteiger partial charge on any atom is -0.481 e. The number of hydrogen-bond donors (Lipinski definition) is 0. The van der Waals surface area contributed by atoms with Gasteiger partial charge in [0.15, 0.2) is 5.82 Å². The number of ether oxygens (including phenoxy) is 3. The number of fused-ring (bicyclic) bond motifs is 3. The summed E-state index contributed by atoms with van der Waals surface area (Å²) in [5, 5.41) is 8.34. The zero-order valence-electron chi connectivity index (χ0n) is 19.7. The van der Waals surface area contributed by atoms with Gasteiger partial charge in [-0.15, -0.1) is 22.0 Å². The van der Waals surface area contributed by atoms with Crippen LogP contribution in [0.1, 0.15) is 12.0 Å². The summed E-state index contributed by atoms with van der Waals surface area (Å²) < 4.78 is 31.2. The average molecular weight is 513 g/mol. The van der Waals surface area contributed by atoms with Gasteiger partial charge in [-0.25, -0.2) is 14.2 Å². The van der Waals surface area contributed by atoms with E-state index in [0.717, 1.165) is 23.6 Å². The summed E-state index contributed by atoms with van der Waals surface area (Å²) in [6.07, 6.45) is 1.92. The second-order valence-corrected chi connectivity index (χ2v) is 10.1. The number of pyridine rings is 2. The molecule has 0 aromatic carbocycles. The van der Waals surface area contributed by atoms with Gasteiger partial charge in [-0.1, -0.05) is 0 Å². The molecule has 0 aliphatic carbocycles. The highest BCUT2D eigenvalue weighted by atomic mass is 32.2. The van der Waals surface area contributed by atoms with Gasteiger partial charge in [0.05, 0.1) is 35.8 Å². The fourth-order valence-electron chi connectivity index (χ4n) is 4.94. The number of amides is 1. The maximum Gasteiger partial charge on any atom is 0.415 e. The lowest BCUT2D eigenvalue weighted by Gasteiger charge is -2.43. The number of methoxy groups -OCH3 is 1. The summed E-state index contributed by atoms with van der Waals surface area (Å²) in [5.41, 5.74) is 1.65. The third-order valence-corrected chi connectivity index (χ3v) is 7.84. The first kappa shape index (κ1) is 23.2. The van der Waals surface area contributed by atoms with Crippen LogP contribution in [-0.2, 0) is 11.2 Å². The Kier molecular flexibility index (Phi) is 6.22. The van der Waals surface area contributed by atoms with E-state index in [4.69, 9.17) is 14.2 Å². The van der Waals surface area contributed by atoms with Gasteiger partial charge >= 0.3 is 6.09 Å². The van der Waals surface area contributed by atoms with E-state index in [1.807, 2.05) is 6.07 Å². The van der Waals surface area contributed by atoms with Gasteiger partial charge in [0.2, 0.25) is 11.8 Å². The Balaban J connectivity index is 1.12. The number of likely N-dealkylation sites (tertiary alicyclic amines) is 1. The third kappa shape index (κ3) is 4.39. The van der Waals surface area contributed by atoms with E-state index < -0.39 is 6.09 Å². The van der Waals surface area contributed by atoms with Crippen molar-refractivity contribution in [2.45, 2.75) is 23.8 Å². The monoisotopic (exact) mass is 512 g/mol. The van der Waals surface area contributed by atoms with Crippen LogP contribution in [0.2, 0.25) is 0 Å². The van der Waals surface area contributed by atoms with Crippen molar-refractivity contribution in [2.24, 2.45) is 5.92 Å². The van der Waals surface area contributed by atoms with Crippen molar-refractivity contribution in [1.29, 1.82) is 0 Å². The van der Waals surface area contributed by atoms with Crippen molar-refractivity contribution in [3.8, 4) is 11.8 Å². The van der Waals surface area contributed by atoms with Crippen molar-refractivity contribution >= 4 is 34.7 Å². The fourth-order valence-corrected chi connectivity index (χ4v) is 5.74. The Morgan fingerprint density at radius 1 is 1.28 bits per heavy atom. The van der Waals surface area contributed by atoms with Crippen molar-refractivity contribution < 1.29 is 23.4 Å². The Hall–Kier alpha value is -3.25. The standard InChI is InChI=1S/C24H25FN6O4S/c1-33-21-3-2-17-22(27-21)15(16(25)11-26-17)5-7-30-6-4-14-12-31(24(32)35-18(14)13-30)20-10-19-23(29-28-20)34-8-9-36-19/h2-3,10-11,14,18H,4-9,12-13H2,1H3. The molecule has 2 fully saturated rings. The number of halogens is 1. The van der Waals surface area contributed by atoms with Crippen LogP contribution in [0, 0.1) is 11.7 Å². The van der Waals surface area contributed by atoms with E-state index in [-0.39, 0.29) is 17.8 Å². The lowest BCUT2D eigenvalue weighted by atomic mass is 9.91. The molecule has 0 bridgehead atoms. The molecule has 0 radical (unpaired) electrons. The minimum atomic E-state index is -0.420. The highest BCUT2D eigenvalue weighted by Gasteiger charge is 2.40. The molecule has 6 rings (SSSR count). The molecule has 2 saturated heterocycles. The maximum absolute atomic E-state index is 14.7. The molecule has 6 heterocycles. The van der Waals surface area contributed by atoms with Crippen LogP contribution in [-0.4, -0.2) is 82.9 Å². The van der Waals surface area contributed by atoms with E-state index in [2.05, 4.69) is 25.1 Å². The summed E-state index contributed by atoms with van der Waals surface area (Å²) in [7, 11) is 1.53. The lowest BCUT2D eigenvalue weighted by molar-refractivity contribution is -0.00671. The molecule has 3 aromatic rings. The van der Waals surface area contributed by atoms with Crippen molar-refractivity contribution in [2.75, 3.05) is 50.5 Å². The molecule has 2 unspecified atom stereocenters. The zero-order valence-corrected chi connectivity index (χ0v) is 20.5. The number of carbonyl (C=O) groups excluding carboxylic acids is 1. The first-order valence-electron chi connectivity index (χ1n) is 11.9. The van der Waals surface area contributed by atoms with E-state index in [0.29, 0.717) is 66.8 Å². The van der Waals surface area contributed by atoms with E-state index in [9.17, 15) is 9.18 Å². The Bertz CT molecular complexity index is 1310. The van der Waals surface area contributed by atoms with Crippen molar-refractivity contribution in [3.63, 3.8) is 0 Å². The minimum absolute atomic E-state index is 0.185. The Morgan fingerprint density at radius 3 is 3.08 bits per heavy atom. The number of thioether (sulfide) groups is 1. The van der Waals surface area contributed by atoms with Gasteiger partial charge in [-0.2, -0.15) is 0 Å². The lowest BCUT2D eigenvalue weighted by Crippen LogP contribution is -2.56. The van der Waals surface area contributed by atoms with Crippen LogP contribution in [0.4, 0.5) is 15.0 Å². The highest BCUT2D eigenvalue weighted by molar-refractivity contribution is 7.99.